The van der Waals surface area contributed by atoms with E-state index in [0.717, 1.165) is 0 Å². The summed E-state index contributed by atoms with van der Waals surface area (Å²) in [6.07, 6.45) is -2.87. The highest BCUT2D eigenvalue weighted by atomic mass is 28.6. The molecule has 2 unspecified atom stereocenters. The molecule has 0 spiro atoms. The number of aliphatic hydroxyl groups is 4. The third-order valence-electron chi connectivity index (χ3n) is 3.24. The van der Waals surface area contributed by atoms with E-state index in [4.69, 9.17) is 34.2 Å². The van der Waals surface area contributed by atoms with Crippen molar-refractivity contribution in [3.8, 4) is 0 Å². The molecule has 144 valence electrons. The molecule has 0 radical (unpaired) electrons. The van der Waals surface area contributed by atoms with E-state index in [-0.39, 0.29) is 0 Å². The van der Waals surface area contributed by atoms with Crippen LogP contribution in [0.2, 0.25) is 0 Å². The summed E-state index contributed by atoms with van der Waals surface area (Å²) in [6, 6.07) is 0. The van der Waals surface area contributed by atoms with Crippen LogP contribution in [0.3, 0.4) is 0 Å². The van der Waals surface area contributed by atoms with Crippen LogP contribution in [0.4, 0.5) is 0 Å². The minimum absolute atomic E-state index is 0.715. The summed E-state index contributed by atoms with van der Waals surface area (Å²) in [6.45, 7) is 0. The molecule has 0 aromatic carbocycles. The molecule has 1 fully saturated rings. The zero-order chi connectivity index (χ0) is 18.5. The Labute approximate surface area is 143 Å². The van der Waals surface area contributed by atoms with E-state index < -0.39 is 60.1 Å². The van der Waals surface area contributed by atoms with E-state index in [1.165, 1.54) is 28.4 Å². The summed E-state index contributed by atoms with van der Waals surface area (Å²) in [4.78, 5) is 0. The summed E-state index contributed by atoms with van der Waals surface area (Å²) in [5, 5.41) is 38.9. The fourth-order valence-corrected chi connectivity index (χ4v) is 16.9. The predicted molar refractivity (Wildman–Crippen MR) is 83.7 cm³/mol. The molecule has 12 nitrogen and oxygen atoms in total. The average Bonchev–Trinajstić information content (AvgIpc) is 2.63. The van der Waals surface area contributed by atoms with Crippen molar-refractivity contribution in [2.75, 3.05) is 53.4 Å². The first-order chi connectivity index (χ1) is 11.3. The van der Waals surface area contributed by atoms with Crippen LogP contribution < -0.4 is 0 Å². The Morgan fingerprint density at radius 3 is 1.17 bits per heavy atom. The van der Waals surface area contributed by atoms with Crippen LogP contribution in [0.5, 0.6) is 0 Å². The molecule has 1 saturated heterocycles. The SMILES string of the molecule is CO[Si]1(CO)O[Si](CO)(CO)O[Si](CO)(OC)O[Si](OC)(OC)O1. The predicted octanol–water partition coefficient (Wildman–Crippen LogP) is -3.47. The van der Waals surface area contributed by atoms with Crippen LogP contribution in [0.15, 0.2) is 0 Å². The molecular weight excluding hydrogens is 400 g/mol. The molecule has 1 rings (SSSR count). The minimum Gasteiger partial charge on any atom is -0.394 e. The van der Waals surface area contributed by atoms with Gasteiger partial charge in [0.2, 0.25) is 0 Å². The van der Waals surface area contributed by atoms with Gasteiger partial charge < -0.3 is 54.6 Å². The topological polar surface area (TPSA) is 155 Å². The van der Waals surface area contributed by atoms with Crippen LogP contribution >= 0.6 is 0 Å². The van der Waals surface area contributed by atoms with Crippen LogP contribution in [0, 0.1) is 0 Å². The number of rotatable bonds is 8. The highest BCUT2D eigenvalue weighted by Crippen LogP contribution is 2.31. The zero-order valence-corrected chi connectivity index (χ0v) is 17.9. The molecule has 1 heterocycles. The van der Waals surface area contributed by atoms with Gasteiger partial charge in [-0.05, 0) is 0 Å². The number of hydrogen-bond donors (Lipinski definition) is 4. The first-order valence-electron chi connectivity index (χ1n) is 6.76. The van der Waals surface area contributed by atoms with E-state index in [0.29, 0.717) is 0 Å². The van der Waals surface area contributed by atoms with E-state index >= 15 is 0 Å². The summed E-state index contributed by atoms with van der Waals surface area (Å²) in [5.41, 5.74) is 0. The fraction of sp³-hybridized carbons (Fsp3) is 1.00. The van der Waals surface area contributed by atoms with Crippen molar-refractivity contribution in [2.45, 2.75) is 0 Å². The van der Waals surface area contributed by atoms with Crippen LogP contribution in [0.25, 0.3) is 0 Å². The highest BCUT2D eigenvalue weighted by Gasteiger charge is 2.68. The lowest BCUT2D eigenvalue weighted by atomic mass is 11.7. The van der Waals surface area contributed by atoms with Crippen molar-refractivity contribution in [1.82, 2.24) is 0 Å². The molecule has 0 aromatic rings. The minimum atomic E-state index is -3.99. The Bertz CT molecular complexity index is 295. The Hall–Kier alpha value is 0.388. The Morgan fingerprint density at radius 1 is 0.583 bits per heavy atom. The molecule has 0 aromatic heterocycles. The Balaban J connectivity index is 3.45. The smallest absolute Gasteiger partial charge is 0.394 e. The van der Waals surface area contributed by atoms with Crippen molar-refractivity contribution in [3.05, 3.63) is 0 Å². The lowest BCUT2D eigenvalue weighted by molar-refractivity contribution is -0.0117. The summed E-state index contributed by atoms with van der Waals surface area (Å²) in [5.74, 6) is 0. The second-order valence-corrected chi connectivity index (χ2v) is 16.4. The van der Waals surface area contributed by atoms with Crippen molar-refractivity contribution in [2.24, 2.45) is 0 Å². The van der Waals surface area contributed by atoms with Crippen LogP contribution in [-0.2, 0) is 34.2 Å². The highest BCUT2D eigenvalue weighted by molar-refractivity contribution is 6.89. The van der Waals surface area contributed by atoms with Gasteiger partial charge in [0, 0.05) is 28.4 Å². The molecule has 0 saturated carbocycles. The zero-order valence-electron chi connectivity index (χ0n) is 13.9. The second kappa shape index (κ2) is 8.85. The van der Waals surface area contributed by atoms with E-state index in [1.54, 1.807) is 0 Å². The van der Waals surface area contributed by atoms with Gasteiger partial charge in [0.05, 0.1) is 12.5 Å². The lowest BCUT2D eigenvalue weighted by Gasteiger charge is -2.46. The van der Waals surface area contributed by atoms with Gasteiger partial charge in [-0.25, -0.2) is 0 Å². The van der Waals surface area contributed by atoms with Gasteiger partial charge in [0.1, 0.15) is 12.5 Å². The van der Waals surface area contributed by atoms with Crippen LogP contribution in [-0.4, -0.2) is 109 Å². The van der Waals surface area contributed by atoms with Gasteiger partial charge in [-0.1, -0.05) is 0 Å². The average molecular weight is 425 g/mol. The molecule has 0 bridgehead atoms. The largest absolute Gasteiger partial charge is 0.664 e. The molecular formula is C8H24O12Si4. The quantitative estimate of drug-likeness (QED) is 0.286. The first-order valence-corrected chi connectivity index (χ1v) is 14.5. The monoisotopic (exact) mass is 424 g/mol. The first kappa shape index (κ1) is 22.4. The normalized spacial score (nSPS) is 33.0. The van der Waals surface area contributed by atoms with Crippen molar-refractivity contribution in [3.63, 3.8) is 0 Å². The maximum absolute atomic E-state index is 9.73. The number of hydrogen-bond acceptors (Lipinski definition) is 12. The van der Waals surface area contributed by atoms with E-state index in [9.17, 15) is 20.4 Å². The van der Waals surface area contributed by atoms with E-state index in [2.05, 4.69) is 0 Å². The summed E-state index contributed by atoms with van der Waals surface area (Å²) < 4.78 is 43.5. The molecule has 2 atom stereocenters. The number of aliphatic hydroxyl groups excluding tert-OH is 4. The third kappa shape index (κ3) is 4.37. The molecule has 4 N–H and O–H groups in total. The summed E-state index contributed by atoms with van der Waals surface area (Å²) >= 11 is 0. The van der Waals surface area contributed by atoms with Gasteiger partial charge >= 0.3 is 35.2 Å². The molecule has 1 aliphatic rings. The molecule has 16 heteroatoms. The Morgan fingerprint density at radius 2 is 0.958 bits per heavy atom. The van der Waals surface area contributed by atoms with Gasteiger partial charge in [-0.2, -0.15) is 0 Å². The molecule has 1 aliphatic heterocycles. The maximum atomic E-state index is 9.73. The molecule has 0 amide bonds. The Kier molecular flexibility index (Phi) is 8.27. The van der Waals surface area contributed by atoms with Crippen molar-refractivity contribution in [1.29, 1.82) is 0 Å². The summed E-state index contributed by atoms with van der Waals surface area (Å²) in [7, 11) is -10.7. The molecule has 0 aliphatic carbocycles. The fourth-order valence-electron chi connectivity index (χ4n) is 1.88. The lowest BCUT2D eigenvalue weighted by Crippen LogP contribution is -2.76. The van der Waals surface area contributed by atoms with Crippen molar-refractivity contribution >= 4 is 35.2 Å². The van der Waals surface area contributed by atoms with Crippen LogP contribution in [0.1, 0.15) is 0 Å². The van der Waals surface area contributed by atoms with E-state index in [1.807, 2.05) is 0 Å². The van der Waals surface area contributed by atoms with Gasteiger partial charge in [0.25, 0.3) is 0 Å². The van der Waals surface area contributed by atoms with Gasteiger partial charge in [-0.3, -0.25) is 0 Å². The van der Waals surface area contributed by atoms with Crippen molar-refractivity contribution < 1.29 is 54.6 Å². The van der Waals surface area contributed by atoms with Gasteiger partial charge in [-0.15, -0.1) is 0 Å². The standard InChI is InChI=1S/C8H24O12Si4/c1-13-22(7-11)17-21(5-9,6-10)18-23(8-12,14-2)20-24(15-3,16-4)19-22/h9-12H,5-8H2,1-4H3. The third-order valence-corrected chi connectivity index (χ3v) is 17.2. The van der Waals surface area contributed by atoms with Gasteiger partial charge in [0.15, 0.2) is 0 Å². The molecule has 24 heavy (non-hydrogen) atoms. The maximum Gasteiger partial charge on any atom is 0.664 e. The second-order valence-electron chi connectivity index (χ2n) is 4.63.